The zero-order valence-corrected chi connectivity index (χ0v) is 16.6. The Morgan fingerprint density at radius 3 is 2.54 bits per heavy atom. The van der Waals surface area contributed by atoms with E-state index in [4.69, 9.17) is 9.15 Å². The normalized spacial score (nSPS) is 21.5. The first kappa shape index (κ1) is 20.4. The predicted molar refractivity (Wildman–Crippen MR) is 102 cm³/mol. The van der Waals surface area contributed by atoms with Crippen molar-refractivity contribution in [3.8, 4) is 0 Å². The lowest BCUT2D eigenvalue weighted by Crippen LogP contribution is -2.55. The molecule has 1 N–H and O–H groups in total. The van der Waals surface area contributed by atoms with Gasteiger partial charge in [0.05, 0.1) is 25.4 Å². The second kappa shape index (κ2) is 9.23. The van der Waals surface area contributed by atoms with E-state index in [1.807, 2.05) is 18.7 Å². The number of carbonyl (C=O) groups excluding carboxylic acids is 3. The number of hydrogen-bond donors (Lipinski definition) is 1. The van der Waals surface area contributed by atoms with Crippen LogP contribution >= 0.6 is 0 Å². The second-order valence-electron chi connectivity index (χ2n) is 7.73. The number of amides is 3. The van der Waals surface area contributed by atoms with Gasteiger partial charge in [0.1, 0.15) is 6.04 Å². The predicted octanol–water partition coefficient (Wildman–Crippen LogP) is 1.13. The lowest BCUT2D eigenvalue weighted by Gasteiger charge is -2.38. The van der Waals surface area contributed by atoms with Crippen LogP contribution in [0, 0.1) is 11.8 Å². The molecule has 2 fully saturated rings. The smallest absolute Gasteiger partial charge is 0.287 e. The second-order valence-corrected chi connectivity index (χ2v) is 7.73. The zero-order valence-electron chi connectivity index (χ0n) is 16.6. The van der Waals surface area contributed by atoms with Crippen molar-refractivity contribution in [2.75, 3.05) is 39.4 Å². The van der Waals surface area contributed by atoms with Crippen molar-refractivity contribution in [2.24, 2.45) is 11.8 Å². The van der Waals surface area contributed by atoms with Gasteiger partial charge < -0.3 is 24.3 Å². The zero-order chi connectivity index (χ0) is 20.1. The maximum atomic E-state index is 13.1. The van der Waals surface area contributed by atoms with Gasteiger partial charge in [-0.15, -0.1) is 0 Å². The fourth-order valence-electron chi connectivity index (χ4n) is 3.75. The summed E-state index contributed by atoms with van der Waals surface area (Å²) in [6.07, 6.45) is 2.99. The largest absolute Gasteiger partial charge is 0.459 e. The quantitative estimate of drug-likeness (QED) is 0.812. The first-order chi connectivity index (χ1) is 13.5. The maximum Gasteiger partial charge on any atom is 0.287 e. The molecule has 8 heteroatoms. The highest BCUT2D eigenvalue weighted by Gasteiger charge is 2.35. The van der Waals surface area contributed by atoms with Crippen molar-refractivity contribution < 1.29 is 23.5 Å². The lowest BCUT2D eigenvalue weighted by atomic mass is 9.94. The minimum Gasteiger partial charge on any atom is -0.459 e. The summed E-state index contributed by atoms with van der Waals surface area (Å²) < 4.78 is 10.4. The van der Waals surface area contributed by atoms with Crippen molar-refractivity contribution in [2.45, 2.75) is 32.7 Å². The van der Waals surface area contributed by atoms with Gasteiger partial charge in [-0.2, -0.15) is 0 Å². The molecule has 2 saturated heterocycles. The van der Waals surface area contributed by atoms with Crippen molar-refractivity contribution in [1.82, 2.24) is 15.1 Å². The van der Waals surface area contributed by atoms with Gasteiger partial charge in [0.25, 0.3) is 5.91 Å². The monoisotopic (exact) mass is 391 g/mol. The van der Waals surface area contributed by atoms with Crippen LogP contribution in [0.1, 0.15) is 37.2 Å². The SMILES string of the molecule is CC(C)C(NC(=O)c1ccco1)C(=O)N1CCCC(C(=O)N2CCOCC2)C1. The molecule has 0 spiro atoms. The number of piperidine rings is 1. The molecule has 0 aromatic carbocycles. The fraction of sp³-hybridized carbons (Fsp3) is 0.650. The summed E-state index contributed by atoms with van der Waals surface area (Å²) in [6.45, 7) is 7.13. The van der Waals surface area contributed by atoms with Gasteiger partial charge in [0.15, 0.2) is 5.76 Å². The van der Waals surface area contributed by atoms with Crippen molar-refractivity contribution >= 4 is 17.7 Å². The van der Waals surface area contributed by atoms with E-state index in [-0.39, 0.29) is 29.4 Å². The molecule has 1 aromatic rings. The molecule has 1 aromatic heterocycles. The number of morpholine rings is 1. The van der Waals surface area contributed by atoms with E-state index in [1.165, 1.54) is 6.26 Å². The van der Waals surface area contributed by atoms with Crippen LogP contribution in [-0.4, -0.2) is 73.0 Å². The minimum absolute atomic E-state index is 0.0817. The standard InChI is InChI=1S/C20H29N3O5/c1-14(2)17(21-18(24)16-6-4-10-28-16)20(26)23-7-3-5-15(13-23)19(25)22-8-11-27-12-9-22/h4,6,10,14-15,17H,3,5,7-9,11-13H2,1-2H3,(H,21,24). The fourth-order valence-corrected chi connectivity index (χ4v) is 3.75. The van der Waals surface area contributed by atoms with Crippen LogP contribution in [0.4, 0.5) is 0 Å². The molecule has 0 bridgehead atoms. The molecule has 0 aliphatic carbocycles. The van der Waals surface area contributed by atoms with Gasteiger partial charge >= 0.3 is 0 Å². The van der Waals surface area contributed by atoms with E-state index in [9.17, 15) is 14.4 Å². The van der Waals surface area contributed by atoms with Crippen LogP contribution in [0.3, 0.4) is 0 Å². The van der Waals surface area contributed by atoms with Gasteiger partial charge in [-0.3, -0.25) is 14.4 Å². The third-order valence-electron chi connectivity index (χ3n) is 5.37. The Morgan fingerprint density at radius 2 is 1.89 bits per heavy atom. The molecule has 2 unspecified atom stereocenters. The van der Waals surface area contributed by atoms with Gasteiger partial charge in [0.2, 0.25) is 11.8 Å². The number of hydrogen-bond acceptors (Lipinski definition) is 5. The lowest BCUT2D eigenvalue weighted by molar-refractivity contribution is -0.144. The van der Waals surface area contributed by atoms with Gasteiger partial charge in [-0.05, 0) is 30.9 Å². The van der Waals surface area contributed by atoms with E-state index in [0.717, 1.165) is 12.8 Å². The number of rotatable bonds is 5. The number of carbonyl (C=O) groups is 3. The van der Waals surface area contributed by atoms with Crippen LogP contribution in [0.5, 0.6) is 0 Å². The molecule has 2 aliphatic rings. The van der Waals surface area contributed by atoms with Crippen LogP contribution < -0.4 is 5.32 Å². The summed E-state index contributed by atoms with van der Waals surface area (Å²) in [5.74, 6) is -0.547. The van der Waals surface area contributed by atoms with Gasteiger partial charge in [0, 0.05) is 26.2 Å². The minimum atomic E-state index is -0.658. The highest BCUT2D eigenvalue weighted by Crippen LogP contribution is 2.21. The van der Waals surface area contributed by atoms with Crippen LogP contribution in [0.25, 0.3) is 0 Å². The number of furan rings is 1. The molecule has 3 amide bonds. The average Bonchev–Trinajstić information content (AvgIpc) is 3.26. The van der Waals surface area contributed by atoms with E-state index < -0.39 is 11.9 Å². The van der Waals surface area contributed by atoms with E-state index in [2.05, 4.69) is 5.32 Å². The van der Waals surface area contributed by atoms with Gasteiger partial charge in [-0.25, -0.2) is 0 Å². The Bertz CT molecular complexity index is 682. The van der Waals surface area contributed by atoms with Crippen LogP contribution in [0.2, 0.25) is 0 Å². The summed E-state index contributed by atoms with van der Waals surface area (Å²) in [5.41, 5.74) is 0. The Balaban J connectivity index is 1.63. The summed E-state index contributed by atoms with van der Waals surface area (Å²) in [4.78, 5) is 41.8. The summed E-state index contributed by atoms with van der Waals surface area (Å²) in [7, 11) is 0. The average molecular weight is 391 g/mol. The molecule has 154 valence electrons. The van der Waals surface area contributed by atoms with Crippen LogP contribution in [-0.2, 0) is 14.3 Å². The molecular formula is C20H29N3O5. The number of nitrogens with zero attached hydrogens (tertiary/aromatic N) is 2. The van der Waals surface area contributed by atoms with E-state index in [1.54, 1.807) is 17.0 Å². The first-order valence-corrected chi connectivity index (χ1v) is 9.97. The molecule has 3 rings (SSSR count). The van der Waals surface area contributed by atoms with Crippen molar-refractivity contribution in [1.29, 1.82) is 0 Å². The van der Waals surface area contributed by atoms with E-state index in [0.29, 0.717) is 39.4 Å². The highest BCUT2D eigenvalue weighted by molar-refractivity contribution is 5.95. The number of nitrogens with one attached hydrogen (secondary N) is 1. The molecule has 28 heavy (non-hydrogen) atoms. The Morgan fingerprint density at radius 1 is 1.14 bits per heavy atom. The summed E-state index contributed by atoms with van der Waals surface area (Å²) in [6, 6.07) is 2.54. The summed E-state index contributed by atoms with van der Waals surface area (Å²) in [5, 5.41) is 2.79. The molecule has 0 radical (unpaired) electrons. The molecule has 8 nitrogen and oxygen atoms in total. The molecule has 3 heterocycles. The molecule has 2 aliphatic heterocycles. The first-order valence-electron chi connectivity index (χ1n) is 9.97. The third kappa shape index (κ3) is 4.73. The highest BCUT2D eigenvalue weighted by atomic mass is 16.5. The van der Waals surface area contributed by atoms with Gasteiger partial charge in [-0.1, -0.05) is 13.8 Å². The molecular weight excluding hydrogens is 362 g/mol. The van der Waals surface area contributed by atoms with E-state index >= 15 is 0 Å². The Kier molecular flexibility index (Phi) is 6.72. The molecule has 2 atom stereocenters. The van der Waals surface area contributed by atoms with Crippen LogP contribution in [0.15, 0.2) is 22.8 Å². The number of likely N-dealkylation sites (tertiary alicyclic amines) is 1. The maximum absolute atomic E-state index is 13.1. The van der Waals surface area contributed by atoms with Crippen molar-refractivity contribution in [3.05, 3.63) is 24.2 Å². The number of ether oxygens (including phenoxy) is 1. The topological polar surface area (TPSA) is 92.1 Å². The Labute approximate surface area is 165 Å². The third-order valence-corrected chi connectivity index (χ3v) is 5.37. The Hall–Kier alpha value is -2.35. The summed E-state index contributed by atoms with van der Waals surface area (Å²) >= 11 is 0. The van der Waals surface area contributed by atoms with Crippen molar-refractivity contribution in [3.63, 3.8) is 0 Å². The molecule has 0 saturated carbocycles.